The van der Waals surface area contributed by atoms with Crippen molar-refractivity contribution in [2.45, 2.75) is 6.92 Å². The summed E-state index contributed by atoms with van der Waals surface area (Å²) >= 11 is 0. The molecule has 8 nitrogen and oxygen atoms in total. The van der Waals surface area contributed by atoms with E-state index in [1.54, 1.807) is 11.8 Å². The summed E-state index contributed by atoms with van der Waals surface area (Å²) in [6.07, 6.45) is 0. The average Bonchev–Trinajstić information content (AvgIpc) is 2.39. The van der Waals surface area contributed by atoms with Crippen LogP contribution < -0.4 is 4.90 Å². The maximum Gasteiger partial charge on any atom is 0.354 e. The molecular formula is C11H15N3O5. The number of aromatic carboxylic acids is 1. The molecule has 104 valence electrons. The minimum Gasteiger partial charge on any atom is -0.477 e. The number of hydrogen-bond acceptors (Lipinski definition) is 6. The highest BCUT2D eigenvalue weighted by atomic mass is 16.6. The van der Waals surface area contributed by atoms with Crippen LogP contribution in [0.5, 0.6) is 0 Å². The predicted octanol–water partition coefficient (Wildman–Crippen LogP) is 1.16. The SMILES string of the molecule is CCN(CCOC)c1nc(C(=O)O)ccc1[N+](=O)[O-]. The number of carboxylic acids is 1. The van der Waals surface area contributed by atoms with Gasteiger partial charge in [-0.1, -0.05) is 0 Å². The molecule has 0 saturated carbocycles. The van der Waals surface area contributed by atoms with Crippen molar-refractivity contribution in [2.75, 3.05) is 31.7 Å². The maximum absolute atomic E-state index is 11.0. The number of aromatic nitrogens is 1. The molecule has 1 heterocycles. The van der Waals surface area contributed by atoms with Gasteiger partial charge in [-0.2, -0.15) is 0 Å². The van der Waals surface area contributed by atoms with Crippen LogP contribution in [0, 0.1) is 10.1 Å². The van der Waals surface area contributed by atoms with Crippen LogP contribution in [0.4, 0.5) is 11.5 Å². The number of nitro groups is 1. The van der Waals surface area contributed by atoms with E-state index in [1.165, 1.54) is 7.11 Å². The first-order chi connectivity index (χ1) is 9.01. The summed E-state index contributed by atoms with van der Waals surface area (Å²) in [5.74, 6) is -1.18. The number of pyridine rings is 1. The molecule has 0 saturated heterocycles. The van der Waals surface area contributed by atoms with Gasteiger partial charge in [-0.05, 0) is 13.0 Å². The van der Waals surface area contributed by atoms with Crippen LogP contribution in [0.25, 0.3) is 0 Å². The van der Waals surface area contributed by atoms with Gasteiger partial charge in [0.1, 0.15) is 0 Å². The van der Waals surface area contributed by atoms with Gasteiger partial charge in [0.2, 0.25) is 5.82 Å². The predicted molar refractivity (Wildman–Crippen MR) is 67.6 cm³/mol. The summed E-state index contributed by atoms with van der Waals surface area (Å²) in [6.45, 7) is 3.02. The van der Waals surface area contributed by atoms with Crippen LogP contribution in [-0.4, -0.2) is 47.8 Å². The Morgan fingerprint density at radius 2 is 2.26 bits per heavy atom. The largest absolute Gasteiger partial charge is 0.477 e. The zero-order chi connectivity index (χ0) is 14.4. The van der Waals surface area contributed by atoms with E-state index in [9.17, 15) is 14.9 Å². The third kappa shape index (κ3) is 3.62. The highest BCUT2D eigenvalue weighted by molar-refractivity contribution is 5.86. The van der Waals surface area contributed by atoms with E-state index >= 15 is 0 Å². The fraction of sp³-hybridized carbons (Fsp3) is 0.455. The Hall–Kier alpha value is -2.22. The standard InChI is InChI=1S/C11H15N3O5/c1-3-13(6-7-19-2)10-9(14(17)18)5-4-8(12-10)11(15)16/h4-5H,3,6-7H2,1-2H3,(H,15,16). The van der Waals surface area contributed by atoms with Crippen LogP contribution in [0.3, 0.4) is 0 Å². The molecule has 0 bridgehead atoms. The monoisotopic (exact) mass is 269 g/mol. The van der Waals surface area contributed by atoms with Crippen molar-refractivity contribution in [1.29, 1.82) is 0 Å². The lowest BCUT2D eigenvalue weighted by atomic mass is 10.3. The van der Waals surface area contributed by atoms with E-state index in [0.717, 1.165) is 12.1 Å². The van der Waals surface area contributed by atoms with Crippen molar-refractivity contribution in [1.82, 2.24) is 4.98 Å². The van der Waals surface area contributed by atoms with Crippen LogP contribution in [0.15, 0.2) is 12.1 Å². The zero-order valence-corrected chi connectivity index (χ0v) is 10.7. The van der Waals surface area contributed by atoms with Crippen molar-refractivity contribution >= 4 is 17.5 Å². The number of carbonyl (C=O) groups is 1. The van der Waals surface area contributed by atoms with Crippen LogP contribution in [-0.2, 0) is 4.74 Å². The third-order valence-electron chi connectivity index (χ3n) is 2.52. The number of likely N-dealkylation sites (N-methyl/N-ethyl adjacent to an activating group) is 1. The Labute approximate surface area is 109 Å². The molecule has 0 aliphatic rings. The molecule has 1 N–H and O–H groups in total. The van der Waals surface area contributed by atoms with Gasteiger partial charge >= 0.3 is 11.7 Å². The number of methoxy groups -OCH3 is 1. The van der Waals surface area contributed by atoms with Gasteiger partial charge in [0, 0.05) is 26.3 Å². The fourth-order valence-corrected chi connectivity index (χ4v) is 1.55. The van der Waals surface area contributed by atoms with E-state index in [0.29, 0.717) is 19.7 Å². The molecule has 19 heavy (non-hydrogen) atoms. The number of hydrogen-bond donors (Lipinski definition) is 1. The first kappa shape index (κ1) is 14.8. The molecule has 0 fully saturated rings. The van der Waals surface area contributed by atoms with Crippen LogP contribution >= 0.6 is 0 Å². The molecule has 0 aliphatic carbocycles. The van der Waals surface area contributed by atoms with Gasteiger partial charge in [0.05, 0.1) is 11.5 Å². The minimum atomic E-state index is -1.22. The van der Waals surface area contributed by atoms with Crippen LogP contribution in [0.1, 0.15) is 17.4 Å². The molecule has 8 heteroatoms. The number of nitrogens with zero attached hydrogens (tertiary/aromatic N) is 3. The lowest BCUT2D eigenvalue weighted by Crippen LogP contribution is -2.29. The minimum absolute atomic E-state index is 0.0458. The molecule has 0 amide bonds. The smallest absolute Gasteiger partial charge is 0.354 e. The lowest BCUT2D eigenvalue weighted by molar-refractivity contribution is -0.384. The van der Waals surface area contributed by atoms with E-state index < -0.39 is 10.9 Å². The normalized spacial score (nSPS) is 10.2. The molecule has 0 atom stereocenters. The third-order valence-corrected chi connectivity index (χ3v) is 2.52. The maximum atomic E-state index is 11.0. The number of anilines is 1. The second kappa shape index (κ2) is 6.64. The quantitative estimate of drug-likeness (QED) is 0.584. The molecule has 1 aromatic heterocycles. The van der Waals surface area contributed by atoms with Gasteiger partial charge in [0.25, 0.3) is 0 Å². The van der Waals surface area contributed by atoms with Gasteiger partial charge in [-0.25, -0.2) is 9.78 Å². The molecule has 1 rings (SSSR count). The van der Waals surface area contributed by atoms with Crippen molar-refractivity contribution in [3.05, 3.63) is 27.9 Å². The summed E-state index contributed by atoms with van der Waals surface area (Å²) < 4.78 is 4.92. The van der Waals surface area contributed by atoms with E-state index in [2.05, 4.69) is 4.98 Å². The van der Waals surface area contributed by atoms with Gasteiger partial charge in [-0.15, -0.1) is 0 Å². The Balaban J connectivity index is 3.21. The summed E-state index contributed by atoms with van der Waals surface area (Å²) in [6, 6.07) is 2.27. The summed E-state index contributed by atoms with van der Waals surface area (Å²) in [7, 11) is 1.52. The average molecular weight is 269 g/mol. The van der Waals surface area contributed by atoms with Gasteiger partial charge in [0.15, 0.2) is 5.69 Å². The van der Waals surface area contributed by atoms with Gasteiger partial charge < -0.3 is 14.7 Å². The Kier molecular flexibility index (Phi) is 5.19. The summed E-state index contributed by atoms with van der Waals surface area (Å²) in [5.41, 5.74) is -0.445. The van der Waals surface area contributed by atoms with Crippen molar-refractivity contribution < 1.29 is 19.6 Å². The first-order valence-corrected chi connectivity index (χ1v) is 5.63. The Bertz CT molecular complexity index is 477. The second-order valence-electron chi connectivity index (χ2n) is 3.67. The Morgan fingerprint density at radius 3 is 2.74 bits per heavy atom. The molecule has 0 spiro atoms. The molecule has 0 radical (unpaired) electrons. The molecule has 1 aromatic rings. The molecule has 0 aromatic carbocycles. The molecule has 0 unspecified atom stereocenters. The highest BCUT2D eigenvalue weighted by Gasteiger charge is 2.22. The fourth-order valence-electron chi connectivity index (χ4n) is 1.55. The van der Waals surface area contributed by atoms with Crippen molar-refractivity contribution in [3.8, 4) is 0 Å². The van der Waals surface area contributed by atoms with Crippen LogP contribution in [0.2, 0.25) is 0 Å². The second-order valence-corrected chi connectivity index (χ2v) is 3.67. The van der Waals surface area contributed by atoms with E-state index in [1.807, 2.05) is 0 Å². The number of carboxylic acid groups (broad SMARTS) is 1. The van der Waals surface area contributed by atoms with Gasteiger partial charge in [-0.3, -0.25) is 10.1 Å². The molecular weight excluding hydrogens is 254 g/mol. The lowest BCUT2D eigenvalue weighted by Gasteiger charge is -2.21. The first-order valence-electron chi connectivity index (χ1n) is 5.63. The van der Waals surface area contributed by atoms with Crippen molar-refractivity contribution in [2.24, 2.45) is 0 Å². The number of rotatable bonds is 7. The topological polar surface area (TPSA) is 106 Å². The summed E-state index contributed by atoms with van der Waals surface area (Å²) in [4.78, 5) is 26.7. The summed E-state index contributed by atoms with van der Waals surface area (Å²) in [5, 5.41) is 19.9. The van der Waals surface area contributed by atoms with E-state index in [-0.39, 0.29) is 17.2 Å². The zero-order valence-electron chi connectivity index (χ0n) is 10.7. The van der Waals surface area contributed by atoms with Crippen molar-refractivity contribution in [3.63, 3.8) is 0 Å². The number of ether oxygens (including phenoxy) is 1. The molecule has 0 aliphatic heterocycles. The highest BCUT2D eigenvalue weighted by Crippen LogP contribution is 2.25. The van der Waals surface area contributed by atoms with E-state index in [4.69, 9.17) is 9.84 Å². The Morgan fingerprint density at radius 1 is 1.58 bits per heavy atom.